The van der Waals surface area contributed by atoms with Crippen LogP contribution in [-0.2, 0) is 0 Å². The Morgan fingerprint density at radius 1 is 1.37 bits per heavy atom. The van der Waals surface area contributed by atoms with Crippen molar-refractivity contribution in [3.05, 3.63) is 39.9 Å². The normalized spacial score (nSPS) is 14.1. The van der Waals surface area contributed by atoms with Crippen LogP contribution in [0.2, 0.25) is 0 Å². The number of non-ortho nitro benzene ring substituents is 1. The highest BCUT2D eigenvalue weighted by Gasteiger charge is 2.16. The molecule has 1 aromatic carbocycles. The molecule has 5 heteroatoms. The van der Waals surface area contributed by atoms with E-state index < -0.39 is 0 Å². The standard InChI is InChI=1S/C14H22N2O2S/c1-4-12(10-19-3)15-14(5-2)11-7-6-8-13(9-11)16(17)18/h6-9,12,14-15H,4-5,10H2,1-3H3. The first kappa shape index (κ1) is 16.0. The molecule has 1 aromatic rings. The summed E-state index contributed by atoms with van der Waals surface area (Å²) < 4.78 is 0. The summed E-state index contributed by atoms with van der Waals surface area (Å²) in [5.74, 6) is 1.06. The third-order valence-electron chi connectivity index (χ3n) is 3.19. The van der Waals surface area contributed by atoms with E-state index in [1.807, 2.05) is 17.8 Å². The van der Waals surface area contributed by atoms with E-state index in [1.54, 1.807) is 12.1 Å². The van der Waals surface area contributed by atoms with E-state index in [0.29, 0.717) is 6.04 Å². The van der Waals surface area contributed by atoms with Gasteiger partial charge < -0.3 is 5.32 Å². The Hall–Kier alpha value is -1.07. The Morgan fingerprint density at radius 3 is 2.63 bits per heavy atom. The first-order valence-corrected chi connectivity index (χ1v) is 8.01. The Labute approximate surface area is 119 Å². The Bertz CT molecular complexity index is 412. The molecule has 0 aliphatic rings. The van der Waals surface area contributed by atoms with Gasteiger partial charge in [-0.2, -0.15) is 11.8 Å². The molecule has 0 spiro atoms. The molecule has 1 rings (SSSR count). The molecule has 0 bridgehead atoms. The van der Waals surface area contributed by atoms with Crippen LogP contribution in [0.3, 0.4) is 0 Å². The number of rotatable bonds is 8. The molecule has 2 atom stereocenters. The SMILES string of the molecule is CCC(CSC)NC(CC)c1cccc([N+](=O)[O-])c1. The van der Waals surface area contributed by atoms with Gasteiger partial charge in [0.05, 0.1) is 4.92 Å². The number of hydrogen-bond donors (Lipinski definition) is 1. The fourth-order valence-corrected chi connectivity index (χ4v) is 2.81. The molecule has 0 radical (unpaired) electrons. The molecule has 4 nitrogen and oxygen atoms in total. The van der Waals surface area contributed by atoms with Crippen LogP contribution in [0.15, 0.2) is 24.3 Å². The minimum Gasteiger partial charge on any atom is -0.306 e. The van der Waals surface area contributed by atoms with E-state index in [0.717, 1.165) is 24.2 Å². The van der Waals surface area contributed by atoms with Gasteiger partial charge in [0.25, 0.3) is 5.69 Å². The van der Waals surface area contributed by atoms with Gasteiger partial charge in [0.15, 0.2) is 0 Å². The monoisotopic (exact) mass is 282 g/mol. The van der Waals surface area contributed by atoms with Crippen molar-refractivity contribution in [1.29, 1.82) is 0 Å². The summed E-state index contributed by atoms with van der Waals surface area (Å²) >= 11 is 1.82. The summed E-state index contributed by atoms with van der Waals surface area (Å²) in [4.78, 5) is 10.5. The molecule has 1 N–H and O–H groups in total. The van der Waals surface area contributed by atoms with E-state index in [2.05, 4.69) is 25.4 Å². The summed E-state index contributed by atoms with van der Waals surface area (Å²) in [6, 6.07) is 7.55. The van der Waals surface area contributed by atoms with Crippen molar-refractivity contribution >= 4 is 17.4 Å². The minimum atomic E-state index is -0.338. The number of nitro benzene ring substituents is 1. The second-order valence-electron chi connectivity index (χ2n) is 4.54. The molecule has 106 valence electrons. The molecule has 0 aromatic heterocycles. The van der Waals surface area contributed by atoms with E-state index in [4.69, 9.17) is 0 Å². The lowest BCUT2D eigenvalue weighted by Gasteiger charge is -2.24. The summed E-state index contributed by atoms with van der Waals surface area (Å²) in [6.45, 7) is 4.26. The van der Waals surface area contributed by atoms with Crippen LogP contribution in [-0.4, -0.2) is 23.0 Å². The van der Waals surface area contributed by atoms with Gasteiger partial charge in [0.1, 0.15) is 0 Å². The van der Waals surface area contributed by atoms with Crippen LogP contribution in [0, 0.1) is 10.1 Å². The van der Waals surface area contributed by atoms with Crippen molar-refractivity contribution in [2.45, 2.75) is 38.8 Å². The topological polar surface area (TPSA) is 55.2 Å². The maximum Gasteiger partial charge on any atom is 0.269 e. The van der Waals surface area contributed by atoms with E-state index in [-0.39, 0.29) is 16.7 Å². The van der Waals surface area contributed by atoms with Crippen molar-refractivity contribution in [3.63, 3.8) is 0 Å². The second-order valence-corrected chi connectivity index (χ2v) is 5.45. The first-order valence-electron chi connectivity index (χ1n) is 6.61. The van der Waals surface area contributed by atoms with E-state index in [1.165, 1.54) is 6.07 Å². The van der Waals surface area contributed by atoms with Crippen LogP contribution in [0.4, 0.5) is 5.69 Å². The van der Waals surface area contributed by atoms with Gasteiger partial charge >= 0.3 is 0 Å². The zero-order chi connectivity index (χ0) is 14.3. The summed E-state index contributed by atoms with van der Waals surface area (Å²) in [7, 11) is 0. The fourth-order valence-electron chi connectivity index (χ4n) is 2.07. The number of thioether (sulfide) groups is 1. The van der Waals surface area contributed by atoms with Gasteiger partial charge in [0.2, 0.25) is 0 Å². The maximum atomic E-state index is 10.8. The van der Waals surface area contributed by atoms with E-state index >= 15 is 0 Å². The van der Waals surface area contributed by atoms with Gasteiger partial charge in [-0.25, -0.2) is 0 Å². The van der Waals surface area contributed by atoms with Crippen molar-refractivity contribution < 1.29 is 4.92 Å². The number of nitro groups is 1. The van der Waals surface area contributed by atoms with Crippen LogP contribution < -0.4 is 5.32 Å². The maximum absolute atomic E-state index is 10.8. The van der Waals surface area contributed by atoms with Crippen LogP contribution in [0.5, 0.6) is 0 Å². The van der Waals surface area contributed by atoms with Gasteiger partial charge in [-0.05, 0) is 24.7 Å². The Kier molecular flexibility index (Phi) is 6.87. The molecular weight excluding hydrogens is 260 g/mol. The third kappa shape index (κ3) is 4.84. The summed E-state index contributed by atoms with van der Waals surface area (Å²) in [6.07, 6.45) is 4.08. The summed E-state index contributed by atoms with van der Waals surface area (Å²) in [5.41, 5.74) is 1.16. The molecule has 19 heavy (non-hydrogen) atoms. The lowest BCUT2D eigenvalue weighted by molar-refractivity contribution is -0.384. The molecule has 0 saturated carbocycles. The van der Waals surface area contributed by atoms with Crippen molar-refractivity contribution in [3.8, 4) is 0 Å². The van der Waals surface area contributed by atoms with Gasteiger partial charge in [0, 0.05) is 30.0 Å². The highest BCUT2D eigenvalue weighted by atomic mass is 32.2. The molecule has 0 saturated heterocycles. The Morgan fingerprint density at radius 2 is 2.11 bits per heavy atom. The predicted molar refractivity (Wildman–Crippen MR) is 81.7 cm³/mol. The second kappa shape index (κ2) is 8.17. The zero-order valence-electron chi connectivity index (χ0n) is 11.8. The average Bonchev–Trinajstić information content (AvgIpc) is 2.43. The van der Waals surface area contributed by atoms with Crippen molar-refractivity contribution in [1.82, 2.24) is 5.32 Å². The number of benzene rings is 1. The molecule has 0 amide bonds. The smallest absolute Gasteiger partial charge is 0.269 e. The fraction of sp³-hybridized carbons (Fsp3) is 0.571. The molecular formula is C14H22N2O2S. The molecule has 0 aliphatic heterocycles. The lowest BCUT2D eigenvalue weighted by Crippen LogP contribution is -2.34. The average molecular weight is 282 g/mol. The molecule has 0 heterocycles. The largest absolute Gasteiger partial charge is 0.306 e. The third-order valence-corrected chi connectivity index (χ3v) is 3.92. The van der Waals surface area contributed by atoms with E-state index in [9.17, 15) is 10.1 Å². The van der Waals surface area contributed by atoms with Crippen LogP contribution in [0.1, 0.15) is 38.3 Å². The van der Waals surface area contributed by atoms with Crippen molar-refractivity contribution in [2.24, 2.45) is 0 Å². The molecule has 0 fully saturated rings. The number of nitrogens with zero attached hydrogens (tertiary/aromatic N) is 1. The van der Waals surface area contributed by atoms with Crippen molar-refractivity contribution in [2.75, 3.05) is 12.0 Å². The molecule has 0 aliphatic carbocycles. The van der Waals surface area contributed by atoms with Crippen LogP contribution in [0.25, 0.3) is 0 Å². The summed E-state index contributed by atoms with van der Waals surface area (Å²) in [5, 5.41) is 14.4. The number of nitrogens with one attached hydrogen (secondary N) is 1. The highest BCUT2D eigenvalue weighted by molar-refractivity contribution is 7.98. The lowest BCUT2D eigenvalue weighted by atomic mass is 10.0. The molecule has 2 unspecified atom stereocenters. The van der Waals surface area contributed by atoms with Gasteiger partial charge in [-0.1, -0.05) is 26.0 Å². The first-order chi connectivity index (χ1) is 9.12. The highest BCUT2D eigenvalue weighted by Crippen LogP contribution is 2.22. The van der Waals surface area contributed by atoms with Crippen LogP contribution >= 0.6 is 11.8 Å². The quantitative estimate of drug-likeness (QED) is 0.582. The predicted octanol–water partition coefficient (Wildman–Crippen LogP) is 3.78. The van der Waals surface area contributed by atoms with Gasteiger partial charge in [-0.3, -0.25) is 10.1 Å². The minimum absolute atomic E-state index is 0.163. The zero-order valence-corrected chi connectivity index (χ0v) is 12.6. The number of hydrogen-bond acceptors (Lipinski definition) is 4. The Balaban J connectivity index is 2.84. The van der Waals surface area contributed by atoms with Gasteiger partial charge in [-0.15, -0.1) is 0 Å².